The van der Waals surface area contributed by atoms with Crippen molar-refractivity contribution >= 4 is 17.4 Å². The van der Waals surface area contributed by atoms with E-state index in [1.54, 1.807) is 11.0 Å². The summed E-state index contributed by atoms with van der Waals surface area (Å²) in [6.07, 6.45) is 0.894. The summed E-state index contributed by atoms with van der Waals surface area (Å²) in [7, 11) is 0. The molecular formula is C17H16N2O3. The van der Waals surface area contributed by atoms with Crippen LogP contribution in [0, 0.1) is 0 Å². The Bertz CT molecular complexity index is 730. The van der Waals surface area contributed by atoms with Crippen molar-refractivity contribution in [2.24, 2.45) is 0 Å². The molecule has 0 aliphatic carbocycles. The van der Waals surface area contributed by atoms with Gasteiger partial charge in [-0.3, -0.25) is 4.90 Å². The van der Waals surface area contributed by atoms with E-state index in [1.807, 2.05) is 30.3 Å². The Morgan fingerprint density at radius 3 is 2.77 bits per heavy atom. The van der Waals surface area contributed by atoms with E-state index < -0.39 is 0 Å². The topological polar surface area (TPSA) is 50.8 Å². The van der Waals surface area contributed by atoms with Crippen LogP contribution in [0.3, 0.4) is 0 Å². The highest BCUT2D eigenvalue weighted by Crippen LogP contribution is 2.33. The minimum absolute atomic E-state index is 0.123. The fourth-order valence-electron chi connectivity index (χ4n) is 2.86. The van der Waals surface area contributed by atoms with Crippen molar-refractivity contribution in [1.82, 2.24) is 0 Å². The number of rotatable bonds is 1. The second-order valence-corrected chi connectivity index (χ2v) is 5.32. The molecule has 0 atom stereocenters. The molecule has 22 heavy (non-hydrogen) atoms. The van der Waals surface area contributed by atoms with E-state index in [0.717, 1.165) is 17.9 Å². The third-order valence-electron chi connectivity index (χ3n) is 3.93. The maximum absolute atomic E-state index is 12.5. The highest BCUT2D eigenvalue weighted by molar-refractivity contribution is 6.03. The summed E-state index contributed by atoms with van der Waals surface area (Å²) in [5.74, 6) is 1.39. The lowest BCUT2D eigenvalue weighted by molar-refractivity contribution is 0.171. The molecule has 2 aromatic carbocycles. The van der Waals surface area contributed by atoms with Crippen molar-refractivity contribution in [3.05, 3.63) is 48.0 Å². The van der Waals surface area contributed by atoms with Crippen molar-refractivity contribution in [2.45, 2.75) is 6.42 Å². The molecule has 0 fully saturated rings. The quantitative estimate of drug-likeness (QED) is 0.880. The van der Waals surface area contributed by atoms with Crippen molar-refractivity contribution in [2.75, 3.05) is 30.0 Å². The molecule has 0 saturated carbocycles. The van der Waals surface area contributed by atoms with Crippen LogP contribution in [0.5, 0.6) is 11.5 Å². The molecule has 0 unspecified atom stereocenters. The van der Waals surface area contributed by atoms with Gasteiger partial charge < -0.3 is 14.8 Å². The lowest BCUT2D eigenvalue weighted by atomic mass is 10.2. The number of fused-ring (bicyclic) bond motifs is 2. The largest absolute Gasteiger partial charge is 0.486 e. The minimum atomic E-state index is -0.123. The fraction of sp³-hybridized carbons (Fsp3) is 0.235. The van der Waals surface area contributed by atoms with Crippen molar-refractivity contribution < 1.29 is 14.3 Å². The van der Waals surface area contributed by atoms with E-state index in [0.29, 0.717) is 31.2 Å². The Morgan fingerprint density at radius 1 is 1.05 bits per heavy atom. The van der Waals surface area contributed by atoms with Crippen LogP contribution in [0.1, 0.15) is 5.56 Å². The number of benzene rings is 2. The second-order valence-electron chi connectivity index (χ2n) is 5.32. The first kappa shape index (κ1) is 13.0. The van der Waals surface area contributed by atoms with E-state index in [1.165, 1.54) is 5.56 Å². The maximum atomic E-state index is 12.5. The predicted molar refractivity (Wildman–Crippen MR) is 83.9 cm³/mol. The summed E-state index contributed by atoms with van der Waals surface area (Å²) in [5.41, 5.74) is 2.90. The minimum Gasteiger partial charge on any atom is -0.486 e. The van der Waals surface area contributed by atoms with E-state index in [9.17, 15) is 4.79 Å². The van der Waals surface area contributed by atoms with Crippen molar-refractivity contribution in [3.8, 4) is 11.5 Å². The highest BCUT2D eigenvalue weighted by Gasteiger charge is 2.24. The summed E-state index contributed by atoms with van der Waals surface area (Å²) in [5, 5.41) is 2.93. The van der Waals surface area contributed by atoms with Crippen LogP contribution < -0.4 is 19.7 Å². The van der Waals surface area contributed by atoms with E-state index in [2.05, 4.69) is 11.4 Å². The number of nitrogens with one attached hydrogen (secondary N) is 1. The van der Waals surface area contributed by atoms with E-state index >= 15 is 0 Å². The molecule has 2 aliphatic rings. The molecule has 0 bridgehead atoms. The van der Waals surface area contributed by atoms with Gasteiger partial charge in [0.2, 0.25) is 0 Å². The number of carbonyl (C=O) groups excluding carboxylic acids is 1. The fourth-order valence-corrected chi connectivity index (χ4v) is 2.86. The van der Waals surface area contributed by atoms with Gasteiger partial charge in [0.25, 0.3) is 0 Å². The zero-order valence-corrected chi connectivity index (χ0v) is 12.0. The molecule has 5 nitrogen and oxygen atoms in total. The first-order valence-electron chi connectivity index (χ1n) is 7.37. The SMILES string of the molecule is O=C(Nc1ccc2c(c1)OCCO2)N1CCc2ccccc21. The first-order chi connectivity index (χ1) is 10.8. The van der Waals surface area contributed by atoms with Gasteiger partial charge in [0.15, 0.2) is 11.5 Å². The van der Waals surface area contributed by atoms with Gasteiger partial charge in [0.1, 0.15) is 13.2 Å². The molecule has 0 saturated heterocycles. The maximum Gasteiger partial charge on any atom is 0.326 e. The molecule has 5 heteroatoms. The van der Waals surface area contributed by atoms with Crippen LogP contribution in [0.2, 0.25) is 0 Å². The van der Waals surface area contributed by atoms with E-state index in [-0.39, 0.29) is 6.03 Å². The molecule has 2 aliphatic heterocycles. The smallest absolute Gasteiger partial charge is 0.326 e. The molecule has 2 aromatic rings. The monoisotopic (exact) mass is 296 g/mol. The number of carbonyl (C=O) groups is 1. The first-order valence-corrected chi connectivity index (χ1v) is 7.37. The van der Waals surface area contributed by atoms with Gasteiger partial charge in [-0.25, -0.2) is 4.79 Å². The molecule has 4 rings (SSSR count). The Hall–Kier alpha value is -2.69. The number of urea groups is 1. The van der Waals surface area contributed by atoms with Crippen LogP contribution in [-0.4, -0.2) is 25.8 Å². The van der Waals surface area contributed by atoms with Crippen LogP contribution >= 0.6 is 0 Å². The Kier molecular flexibility index (Phi) is 3.11. The summed E-state index contributed by atoms with van der Waals surface area (Å²) in [4.78, 5) is 14.3. The Balaban J connectivity index is 1.53. The van der Waals surface area contributed by atoms with Gasteiger partial charge in [0, 0.05) is 24.0 Å². The van der Waals surface area contributed by atoms with Crippen molar-refractivity contribution in [1.29, 1.82) is 0 Å². The molecule has 0 spiro atoms. The molecule has 1 N–H and O–H groups in total. The standard InChI is InChI=1S/C17H16N2O3/c20-17(19-8-7-12-3-1-2-4-14(12)19)18-13-5-6-15-16(11-13)22-10-9-21-15/h1-6,11H,7-10H2,(H,18,20). The number of para-hydroxylation sites is 1. The van der Waals surface area contributed by atoms with Crippen LogP contribution in [0.25, 0.3) is 0 Å². The van der Waals surface area contributed by atoms with Gasteiger partial charge >= 0.3 is 6.03 Å². The number of nitrogens with zero attached hydrogens (tertiary/aromatic N) is 1. The number of amides is 2. The number of ether oxygens (including phenoxy) is 2. The lowest BCUT2D eigenvalue weighted by Crippen LogP contribution is -2.33. The average molecular weight is 296 g/mol. The van der Waals surface area contributed by atoms with Crippen molar-refractivity contribution in [3.63, 3.8) is 0 Å². The summed E-state index contributed by atoms with van der Waals surface area (Å²) in [6, 6.07) is 13.3. The zero-order valence-electron chi connectivity index (χ0n) is 12.0. The molecule has 0 aromatic heterocycles. The number of hydrogen-bond donors (Lipinski definition) is 1. The van der Waals surface area contributed by atoms with Gasteiger partial charge in [0.05, 0.1) is 0 Å². The zero-order chi connectivity index (χ0) is 14.9. The Labute approximate surface area is 128 Å². The normalized spacial score (nSPS) is 15.4. The van der Waals surface area contributed by atoms with Gasteiger partial charge in [-0.15, -0.1) is 0 Å². The summed E-state index contributed by atoms with van der Waals surface area (Å²) in [6.45, 7) is 1.79. The summed E-state index contributed by atoms with van der Waals surface area (Å²) < 4.78 is 11.0. The predicted octanol–water partition coefficient (Wildman–Crippen LogP) is 3.05. The lowest BCUT2D eigenvalue weighted by Gasteiger charge is -2.21. The Morgan fingerprint density at radius 2 is 1.86 bits per heavy atom. The molecule has 2 heterocycles. The summed E-state index contributed by atoms with van der Waals surface area (Å²) >= 11 is 0. The molecule has 2 amide bonds. The molecular weight excluding hydrogens is 280 g/mol. The van der Waals surface area contributed by atoms with Gasteiger partial charge in [-0.2, -0.15) is 0 Å². The van der Waals surface area contributed by atoms with E-state index in [4.69, 9.17) is 9.47 Å². The third-order valence-corrected chi connectivity index (χ3v) is 3.93. The average Bonchev–Trinajstić information content (AvgIpc) is 2.99. The van der Waals surface area contributed by atoms with Crippen LogP contribution in [0.4, 0.5) is 16.2 Å². The number of hydrogen-bond acceptors (Lipinski definition) is 3. The molecule has 112 valence electrons. The highest BCUT2D eigenvalue weighted by atomic mass is 16.6. The van der Waals surface area contributed by atoms with Gasteiger partial charge in [-0.1, -0.05) is 18.2 Å². The second kappa shape index (κ2) is 5.26. The molecule has 0 radical (unpaired) electrons. The van der Waals surface area contributed by atoms with Crippen LogP contribution in [0.15, 0.2) is 42.5 Å². The third kappa shape index (κ3) is 2.24. The number of anilines is 2. The van der Waals surface area contributed by atoms with Crippen LogP contribution in [-0.2, 0) is 6.42 Å². The van der Waals surface area contributed by atoms with Gasteiger partial charge in [-0.05, 0) is 30.2 Å².